The summed E-state index contributed by atoms with van der Waals surface area (Å²) in [4.78, 5) is 10.7. The van der Waals surface area contributed by atoms with E-state index in [4.69, 9.17) is 9.97 Å². The molecule has 0 spiro atoms. The first-order chi connectivity index (χ1) is 27.0. The topological polar surface area (TPSA) is 35.6 Å². The molecule has 55 heavy (non-hydrogen) atoms. The van der Waals surface area contributed by atoms with Crippen molar-refractivity contribution in [2.75, 3.05) is 0 Å². The van der Waals surface area contributed by atoms with Gasteiger partial charge >= 0.3 is 0 Å². The van der Waals surface area contributed by atoms with Crippen LogP contribution in [0, 0.1) is 0 Å². The molecule has 1 aliphatic rings. The molecule has 4 heteroatoms. The van der Waals surface area contributed by atoms with Crippen LogP contribution in [0.2, 0.25) is 0 Å². The number of nitrogens with zero attached hydrogens (tertiary/aromatic N) is 4. The van der Waals surface area contributed by atoms with Gasteiger partial charge in [0.25, 0.3) is 0 Å². The summed E-state index contributed by atoms with van der Waals surface area (Å²) in [6.45, 7) is 4.65. The Bertz CT molecular complexity index is 3360. The number of hydrogen-bond donors (Lipinski definition) is 0. The average molecular weight is 703 g/mol. The summed E-state index contributed by atoms with van der Waals surface area (Å²) in [7, 11) is 0. The number of rotatable bonds is 3. The summed E-state index contributed by atoms with van der Waals surface area (Å²) in [5, 5.41) is 8.32. The van der Waals surface area contributed by atoms with Gasteiger partial charge in [0.05, 0.1) is 27.6 Å². The number of benzene rings is 8. The van der Waals surface area contributed by atoms with Gasteiger partial charge in [-0.05, 0) is 93.7 Å². The summed E-state index contributed by atoms with van der Waals surface area (Å²) in [5.41, 5.74) is 12.9. The van der Waals surface area contributed by atoms with Crippen LogP contribution in [-0.4, -0.2) is 19.1 Å². The molecule has 12 rings (SSSR count). The van der Waals surface area contributed by atoms with E-state index >= 15 is 0 Å². The first-order valence-corrected chi connectivity index (χ1v) is 19.0. The molecule has 11 aromatic rings. The fourth-order valence-corrected chi connectivity index (χ4v) is 9.47. The molecule has 0 saturated heterocycles. The molecule has 0 radical (unpaired) electrons. The molecule has 0 unspecified atom stereocenters. The van der Waals surface area contributed by atoms with Crippen LogP contribution in [0.4, 0.5) is 0 Å². The van der Waals surface area contributed by atoms with Gasteiger partial charge in [0, 0.05) is 43.6 Å². The molecule has 3 heterocycles. The zero-order valence-electron chi connectivity index (χ0n) is 30.5. The Morgan fingerprint density at radius 2 is 1.04 bits per heavy atom. The van der Waals surface area contributed by atoms with Crippen LogP contribution in [0.15, 0.2) is 170 Å². The maximum Gasteiger partial charge on any atom is 0.162 e. The van der Waals surface area contributed by atoms with Crippen LogP contribution in [0.5, 0.6) is 0 Å². The van der Waals surface area contributed by atoms with E-state index in [1.807, 2.05) is 0 Å². The first kappa shape index (κ1) is 30.4. The number of fused-ring (bicyclic) bond motifs is 11. The maximum atomic E-state index is 5.49. The lowest BCUT2D eigenvalue weighted by molar-refractivity contribution is 0.660. The van der Waals surface area contributed by atoms with Crippen molar-refractivity contribution in [2.24, 2.45) is 0 Å². The lowest BCUT2D eigenvalue weighted by Crippen LogP contribution is -2.15. The smallest absolute Gasteiger partial charge is 0.162 e. The van der Waals surface area contributed by atoms with Crippen molar-refractivity contribution in [1.82, 2.24) is 19.1 Å². The molecule has 0 atom stereocenters. The van der Waals surface area contributed by atoms with Crippen LogP contribution in [0.25, 0.3) is 99.3 Å². The third-order valence-corrected chi connectivity index (χ3v) is 12.1. The summed E-state index contributed by atoms with van der Waals surface area (Å²) < 4.78 is 4.75. The highest BCUT2D eigenvalue weighted by Crippen LogP contribution is 2.49. The zero-order valence-corrected chi connectivity index (χ0v) is 30.5. The van der Waals surface area contributed by atoms with Gasteiger partial charge in [0.1, 0.15) is 5.82 Å². The van der Waals surface area contributed by atoms with Crippen molar-refractivity contribution in [3.05, 3.63) is 181 Å². The number of hydrogen-bond acceptors (Lipinski definition) is 2. The molecule has 8 aromatic carbocycles. The highest BCUT2D eigenvalue weighted by molar-refractivity contribution is 6.15. The van der Waals surface area contributed by atoms with E-state index in [1.165, 1.54) is 65.6 Å². The monoisotopic (exact) mass is 702 g/mol. The first-order valence-electron chi connectivity index (χ1n) is 19.0. The summed E-state index contributed by atoms with van der Waals surface area (Å²) >= 11 is 0. The van der Waals surface area contributed by atoms with Gasteiger partial charge in [-0.15, -0.1) is 0 Å². The molecule has 0 bridgehead atoms. The van der Waals surface area contributed by atoms with Gasteiger partial charge in [-0.25, -0.2) is 9.97 Å². The summed E-state index contributed by atoms with van der Waals surface area (Å²) in [6.07, 6.45) is 0. The lowest BCUT2D eigenvalue weighted by atomic mass is 9.82. The molecule has 0 saturated carbocycles. The van der Waals surface area contributed by atoms with Crippen LogP contribution < -0.4 is 0 Å². The van der Waals surface area contributed by atoms with Crippen molar-refractivity contribution in [3.8, 4) is 34.0 Å². The zero-order chi connectivity index (χ0) is 36.4. The van der Waals surface area contributed by atoms with Crippen LogP contribution >= 0.6 is 0 Å². The minimum absolute atomic E-state index is 0.117. The van der Waals surface area contributed by atoms with Gasteiger partial charge in [0.2, 0.25) is 0 Å². The molecule has 0 N–H and O–H groups in total. The Hall–Kier alpha value is -7.04. The Labute approximate surface area is 317 Å². The second-order valence-electron chi connectivity index (χ2n) is 15.4. The normalized spacial score (nSPS) is 13.4. The quantitative estimate of drug-likeness (QED) is 0.184. The molecular formula is C51H34N4. The molecule has 3 aromatic heterocycles. The highest BCUT2D eigenvalue weighted by Gasteiger charge is 2.35. The van der Waals surface area contributed by atoms with Crippen molar-refractivity contribution >= 4 is 65.3 Å². The van der Waals surface area contributed by atoms with E-state index in [2.05, 4.69) is 193 Å². The van der Waals surface area contributed by atoms with E-state index in [0.29, 0.717) is 0 Å². The van der Waals surface area contributed by atoms with Crippen molar-refractivity contribution in [1.29, 1.82) is 0 Å². The molecule has 258 valence electrons. The third-order valence-electron chi connectivity index (χ3n) is 12.1. The molecule has 0 amide bonds. The largest absolute Gasteiger partial charge is 0.309 e. The highest BCUT2D eigenvalue weighted by atomic mass is 15.1. The predicted molar refractivity (Wildman–Crippen MR) is 229 cm³/mol. The standard InChI is InChI=1S/C51H34N4/c1-51(2)42-18-8-3-13-35(42)36-26-24-32(29-43(36)51)49-52-44-19-9-4-17-40(44)50(53-49)55-47-22-12-7-16-39(47)41-28-31-23-25-34(27-33(31)30-48(41)55)54-45-20-10-5-14-37(45)38-15-6-11-21-46(38)54/h3-30H,1-2H3. The SMILES string of the molecule is CC1(C)c2ccccc2-c2ccc(-c3nc(-n4c5ccccc5c5cc6ccc(-n7c8ccccc8c8ccccc87)cc6cc54)c4ccccc4n3)cc21. The van der Waals surface area contributed by atoms with E-state index in [0.717, 1.165) is 44.8 Å². The Kier molecular flexibility index (Phi) is 6.09. The van der Waals surface area contributed by atoms with Gasteiger partial charge in [-0.1, -0.05) is 123 Å². The van der Waals surface area contributed by atoms with Crippen molar-refractivity contribution < 1.29 is 0 Å². The van der Waals surface area contributed by atoms with Crippen molar-refractivity contribution in [3.63, 3.8) is 0 Å². The Morgan fingerprint density at radius 1 is 0.418 bits per heavy atom. The molecule has 0 aliphatic heterocycles. The second-order valence-corrected chi connectivity index (χ2v) is 15.4. The van der Waals surface area contributed by atoms with E-state index < -0.39 is 0 Å². The van der Waals surface area contributed by atoms with Gasteiger partial charge < -0.3 is 4.57 Å². The number of aromatic nitrogens is 4. The van der Waals surface area contributed by atoms with Gasteiger partial charge in [0.15, 0.2) is 5.82 Å². The minimum atomic E-state index is -0.117. The fourth-order valence-electron chi connectivity index (χ4n) is 9.47. The molecule has 4 nitrogen and oxygen atoms in total. The van der Waals surface area contributed by atoms with Gasteiger partial charge in [-0.2, -0.15) is 0 Å². The summed E-state index contributed by atoms with van der Waals surface area (Å²) in [5.74, 6) is 1.61. The van der Waals surface area contributed by atoms with E-state index in [9.17, 15) is 0 Å². The van der Waals surface area contributed by atoms with Crippen LogP contribution in [0.3, 0.4) is 0 Å². The molecule has 0 fully saturated rings. The van der Waals surface area contributed by atoms with E-state index in [1.54, 1.807) is 0 Å². The Balaban J connectivity index is 1.10. The third kappa shape index (κ3) is 4.22. The lowest BCUT2D eigenvalue weighted by Gasteiger charge is -2.22. The minimum Gasteiger partial charge on any atom is -0.309 e. The van der Waals surface area contributed by atoms with Crippen LogP contribution in [0.1, 0.15) is 25.0 Å². The predicted octanol–water partition coefficient (Wildman–Crippen LogP) is 13.0. The van der Waals surface area contributed by atoms with Crippen molar-refractivity contribution in [2.45, 2.75) is 19.3 Å². The van der Waals surface area contributed by atoms with Gasteiger partial charge in [-0.3, -0.25) is 4.57 Å². The number of para-hydroxylation sites is 4. The van der Waals surface area contributed by atoms with E-state index in [-0.39, 0.29) is 5.41 Å². The van der Waals surface area contributed by atoms with Crippen LogP contribution in [-0.2, 0) is 5.41 Å². The molecular weight excluding hydrogens is 669 g/mol. The molecule has 1 aliphatic carbocycles. The summed E-state index contributed by atoms with van der Waals surface area (Å²) in [6, 6.07) is 61.7. The average Bonchev–Trinajstić information content (AvgIpc) is 3.82. The second kappa shape index (κ2) is 11.0. The Morgan fingerprint density at radius 3 is 1.80 bits per heavy atom. The fraction of sp³-hybridized carbons (Fsp3) is 0.0588. The maximum absolute atomic E-state index is 5.49.